The molecule has 0 atom stereocenters. The van der Waals surface area contributed by atoms with Crippen molar-refractivity contribution >= 4 is 58.9 Å². The Hall–Kier alpha value is -0.410. The molecule has 0 saturated carbocycles. The van der Waals surface area contributed by atoms with Crippen LogP contribution in [0.3, 0.4) is 0 Å². The zero-order chi connectivity index (χ0) is 14.8. The van der Waals surface area contributed by atoms with Gasteiger partial charge in [0.2, 0.25) is 0 Å². The predicted octanol–water partition coefficient (Wildman–Crippen LogP) is 3.79. The van der Waals surface area contributed by atoms with E-state index in [0.29, 0.717) is 21.2 Å². The molecule has 0 saturated heterocycles. The zero-order valence-corrected chi connectivity index (χ0v) is 15.3. The molecule has 0 unspecified atom stereocenters. The van der Waals surface area contributed by atoms with Gasteiger partial charge in [-0.15, -0.1) is 11.3 Å². The van der Waals surface area contributed by atoms with Crippen molar-refractivity contribution in [2.45, 2.75) is 11.4 Å². The Morgan fingerprint density at radius 1 is 1.25 bits per heavy atom. The summed E-state index contributed by atoms with van der Waals surface area (Å²) in [7, 11) is -1.76. The molecular weight excluding hydrogens is 428 g/mol. The molecule has 0 aliphatic rings. The molecule has 1 heterocycles. The molecule has 2 rings (SSSR count). The van der Waals surface area contributed by atoms with Crippen LogP contribution < -0.4 is 10.0 Å². The normalized spacial score (nSPS) is 11.6. The SMILES string of the molecule is CNCc1cc(S(=O)(=O)Nc2c(Br)cccc2Br)cs1. The topological polar surface area (TPSA) is 58.2 Å². The smallest absolute Gasteiger partial charge is 0.262 e. The number of rotatable bonds is 5. The number of hydrogen-bond acceptors (Lipinski definition) is 4. The Kier molecular flexibility index (Phi) is 5.25. The Labute approximate surface area is 138 Å². The predicted molar refractivity (Wildman–Crippen MR) is 89.7 cm³/mol. The molecule has 0 aliphatic heterocycles. The highest BCUT2D eigenvalue weighted by molar-refractivity contribution is 9.11. The van der Waals surface area contributed by atoms with Crippen LogP contribution in [0.25, 0.3) is 0 Å². The van der Waals surface area contributed by atoms with Crippen molar-refractivity contribution in [1.29, 1.82) is 0 Å². The third-order valence-electron chi connectivity index (χ3n) is 2.49. The first kappa shape index (κ1) is 16.0. The number of nitrogens with one attached hydrogen (secondary N) is 2. The second-order valence-electron chi connectivity index (χ2n) is 3.98. The fourth-order valence-electron chi connectivity index (χ4n) is 1.56. The van der Waals surface area contributed by atoms with E-state index in [2.05, 4.69) is 41.9 Å². The van der Waals surface area contributed by atoms with Crippen LogP contribution in [-0.4, -0.2) is 15.5 Å². The molecule has 0 fully saturated rings. The second kappa shape index (κ2) is 6.57. The van der Waals surface area contributed by atoms with Crippen molar-refractivity contribution in [2.24, 2.45) is 0 Å². The maximum absolute atomic E-state index is 12.4. The van der Waals surface area contributed by atoms with Gasteiger partial charge >= 0.3 is 0 Å². The molecule has 0 radical (unpaired) electrons. The van der Waals surface area contributed by atoms with Gasteiger partial charge in [-0.3, -0.25) is 4.72 Å². The van der Waals surface area contributed by atoms with E-state index in [9.17, 15) is 8.42 Å². The van der Waals surface area contributed by atoms with E-state index in [-0.39, 0.29) is 4.90 Å². The van der Waals surface area contributed by atoms with Crippen molar-refractivity contribution in [1.82, 2.24) is 5.32 Å². The van der Waals surface area contributed by atoms with Crippen LogP contribution in [-0.2, 0) is 16.6 Å². The van der Waals surface area contributed by atoms with Crippen LogP contribution in [0.2, 0.25) is 0 Å². The molecule has 0 spiro atoms. The minimum Gasteiger partial charge on any atom is -0.315 e. The van der Waals surface area contributed by atoms with E-state index in [0.717, 1.165) is 4.88 Å². The zero-order valence-electron chi connectivity index (χ0n) is 10.5. The number of halogens is 2. The van der Waals surface area contributed by atoms with E-state index < -0.39 is 10.0 Å². The maximum Gasteiger partial charge on any atom is 0.262 e. The van der Waals surface area contributed by atoms with Crippen LogP contribution in [0, 0.1) is 0 Å². The van der Waals surface area contributed by atoms with Gasteiger partial charge in [-0.25, -0.2) is 8.42 Å². The summed E-state index contributed by atoms with van der Waals surface area (Å²) in [6.07, 6.45) is 0. The van der Waals surface area contributed by atoms with Crippen molar-refractivity contribution in [3.8, 4) is 0 Å². The first-order valence-electron chi connectivity index (χ1n) is 5.63. The van der Waals surface area contributed by atoms with Crippen molar-refractivity contribution in [3.05, 3.63) is 43.5 Å². The van der Waals surface area contributed by atoms with E-state index in [1.54, 1.807) is 23.6 Å². The van der Waals surface area contributed by atoms with E-state index in [4.69, 9.17) is 0 Å². The van der Waals surface area contributed by atoms with Crippen LogP contribution in [0.15, 0.2) is 43.5 Å². The highest BCUT2D eigenvalue weighted by Gasteiger charge is 2.18. The summed E-state index contributed by atoms with van der Waals surface area (Å²) in [5.41, 5.74) is 0.494. The van der Waals surface area contributed by atoms with Gasteiger partial charge < -0.3 is 5.32 Å². The fraction of sp³-hybridized carbons (Fsp3) is 0.167. The molecule has 0 bridgehead atoms. The monoisotopic (exact) mass is 438 g/mol. The standard InChI is InChI=1S/C12H12Br2N2O2S2/c1-15-6-8-5-9(7-19-8)20(17,18)16-12-10(13)3-2-4-11(12)14/h2-5,7,15-16H,6H2,1H3. The summed E-state index contributed by atoms with van der Waals surface area (Å²) in [5.74, 6) is 0. The van der Waals surface area contributed by atoms with E-state index in [1.165, 1.54) is 11.3 Å². The molecule has 2 N–H and O–H groups in total. The lowest BCUT2D eigenvalue weighted by Gasteiger charge is -2.10. The van der Waals surface area contributed by atoms with Gasteiger partial charge in [-0.05, 0) is 57.1 Å². The van der Waals surface area contributed by atoms with Crippen LogP contribution in [0.5, 0.6) is 0 Å². The molecule has 0 aliphatic carbocycles. The van der Waals surface area contributed by atoms with Gasteiger partial charge in [0, 0.05) is 25.7 Å². The molecule has 8 heteroatoms. The average molecular weight is 440 g/mol. The first-order valence-corrected chi connectivity index (χ1v) is 9.58. The summed E-state index contributed by atoms with van der Waals surface area (Å²) in [6, 6.07) is 7.06. The number of sulfonamides is 1. The molecule has 4 nitrogen and oxygen atoms in total. The van der Waals surface area contributed by atoms with Crippen molar-refractivity contribution in [2.75, 3.05) is 11.8 Å². The van der Waals surface area contributed by atoms with Crippen molar-refractivity contribution in [3.63, 3.8) is 0 Å². The van der Waals surface area contributed by atoms with E-state index in [1.807, 2.05) is 13.1 Å². The molecule has 1 aromatic heterocycles. The fourth-order valence-corrected chi connectivity index (χ4v) is 5.40. The Bertz CT molecular complexity index is 694. The minimum absolute atomic E-state index is 0.274. The number of anilines is 1. The summed E-state index contributed by atoms with van der Waals surface area (Å²) < 4.78 is 28.7. The number of benzene rings is 1. The largest absolute Gasteiger partial charge is 0.315 e. The number of thiophene rings is 1. The van der Waals surface area contributed by atoms with Gasteiger partial charge in [-0.2, -0.15) is 0 Å². The molecule has 20 heavy (non-hydrogen) atoms. The third-order valence-corrected chi connectivity index (χ3v) is 6.23. The van der Waals surface area contributed by atoms with E-state index >= 15 is 0 Å². The lowest BCUT2D eigenvalue weighted by atomic mass is 10.3. The van der Waals surface area contributed by atoms with Gasteiger partial charge in [0.15, 0.2) is 0 Å². The summed E-state index contributed by atoms with van der Waals surface area (Å²) >= 11 is 8.09. The van der Waals surface area contributed by atoms with Gasteiger partial charge in [-0.1, -0.05) is 6.07 Å². The molecule has 0 amide bonds. The minimum atomic E-state index is -3.58. The average Bonchev–Trinajstić information content (AvgIpc) is 2.84. The third kappa shape index (κ3) is 3.62. The highest BCUT2D eigenvalue weighted by Crippen LogP contribution is 2.33. The van der Waals surface area contributed by atoms with Crippen LogP contribution in [0.1, 0.15) is 4.88 Å². The molecule has 2 aromatic rings. The van der Waals surface area contributed by atoms with Gasteiger partial charge in [0.05, 0.1) is 10.6 Å². The Balaban J connectivity index is 2.31. The van der Waals surface area contributed by atoms with Gasteiger partial charge in [0.1, 0.15) is 0 Å². The quantitative estimate of drug-likeness (QED) is 0.744. The summed E-state index contributed by atoms with van der Waals surface area (Å²) in [4.78, 5) is 1.24. The second-order valence-corrected chi connectivity index (χ2v) is 8.37. The summed E-state index contributed by atoms with van der Waals surface area (Å²) in [5, 5.41) is 4.64. The number of hydrogen-bond donors (Lipinski definition) is 2. The molecule has 108 valence electrons. The molecule has 1 aromatic carbocycles. The van der Waals surface area contributed by atoms with Gasteiger partial charge in [0.25, 0.3) is 10.0 Å². The lowest BCUT2D eigenvalue weighted by molar-refractivity contribution is 0.601. The Morgan fingerprint density at radius 3 is 2.50 bits per heavy atom. The summed E-state index contributed by atoms with van der Waals surface area (Å²) in [6.45, 7) is 0.652. The van der Waals surface area contributed by atoms with Crippen molar-refractivity contribution < 1.29 is 8.42 Å². The number of para-hydroxylation sites is 1. The maximum atomic E-state index is 12.4. The lowest BCUT2D eigenvalue weighted by Crippen LogP contribution is -2.13. The van der Waals surface area contributed by atoms with Crippen LogP contribution >= 0.6 is 43.2 Å². The van der Waals surface area contributed by atoms with Crippen LogP contribution in [0.4, 0.5) is 5.69 Å². The first-order chi connectivity index (χ1) is 9.44. The Morgan fingerprint density at radius 2 is 1.90 bits per heavy atom. The molecular formula is C12H12Br2N2O2S2. The highest BCUT2D eigenvalue weighted by atomic mass is 79.9.